The first-order chi connectivity index (χ1) is 23.9. The molecule has 8 rings (SSSR count). The van der Waals surface area contributed by atoms with E-state index in [1.807, 2.05) is 24.3 Å². The van der Waals surface area contributed by atoms with Gasteiger partial charge >= 0.3 is 0 Å². The maximum atomic E-state index is 11.0. The molecule has 0 radical (unpaired) electrons. The first kappa shape index (κ1) is 33.3. The Hall–Kier alpha value is -5.25. The number of aromatic hydroxyl groups is 1. The van der Waals surface area contributed by atoms with Crippen LogP contribution < -0.4 is 0 Å². The van der Waals surface area contributed by atoms with Crippen LogP contribution in [0.1, 0.15) is 50.7 Å². The number of aromatic nitrogens is 4. The summed E-state index contributed by atoms with van der Waals surface area (Å²) in [6.45, 7) is 8.82. The van der Waals surface area contributed by atoms with Gasteiger partial charge in [-0.1, -0.05) is 99.5 Å². The van der Waals surface area contributed by atoms with Crippen LogP contribution in [0.3, 0.4) is 0 Å². The minimum Gasteiger partial charge on any atom is -0.507 e. The Morgan fingerprint density at radius 3 is 1.72 bits per heavy atom. The fraction of sp³-hybridized carbons (Fsp3) is 0.136. The molecule has 6 heteroatoms. The molecule has 0 bridgehead atoms. The fourth-order valence-corrected chi connectivity index (χ4v) is 6.66. The van der Waals surface area contributed by atoms with Gasteiger partial charge in [-0.25, -0.2) is 4.98 Å². The molecule has 0 saturated carbocycles. The second-order valence-corrected chi connectivity index (χ2v) is 13.2. The van der Waals surface area contributed by atoms with Crippen molar-refractivity contribution in [2.75, 3.05) is 0 Å². The van der Waals surface area contributed by atoms with Gasteiger partial charge in [-0.05, 0) is 77.6 Å². The van der Waals surface area contributed by atoms with E-state index in [-0.39, 0.29) is 26.8 Å². The number of hydrogen-bond acceptors (Lipinski definition) is 3. The van der Waals surface area contributed by atoms with Crippen molar-refractivity contribution in [3.8, 4) is 51.0 Å². The number of rotatable bonds is 7. The summed E-state index contributed by atoms with van der Waals surface area (Å²) >= 11 is 0. The number of phenols is 1. The van der Waals surface area contributed by atoms with Crippen molar-refractivity contribution in [3.63, 3.8) is 0 Å². The standard InChI is InChI=1S/C44H37N4O.Pt/c1-28(2)30-19-23-34(24-20-30)47-39-16-7-6-15-38(39)45-43(47)33-12-9-11-32(27-33)36-14-10-17-40-42(36)46-44(37-13-5-8-18-41(37)49)48(40)35-25-21-31(22-26-35)29(3)4;/h5-26,28-29,49H,1-4H3;/q-1;. The number of para-hydroxylation sites is 4. The first-order valence-corrected chi connectivity index (χ1v) is 16.9. The quantitative estimate of drug-likeness (QED) is 0.163. The van der Waals surface area contributed by atoms with Crippen molar-refractivity contribution in [1.29, 1.82) is 0 Å². The Labute approximate surface area is 307 Å². The van der Waals surface area contributed by atoms with Gasteiger partial charge in [0.25, 0.3) is 0 Å². The van der Waals surface area contributed by atoms with Crippen molar-refractivity contribution < 1.29 is 26.2 Å². The van der Waals surface area contributed by atoms with Crippen molar-refractivity contribution in [2.24, 2.45) is 0 Å². The van der Waals surface area contributed by atoms with Crippen LogP contribution in [0.15, 0.2) is 133 Å². The molecule has 0 aliphatic heterocycles. The molecule has 0 saturated heterocycles. The van der Waals surface area contributed by atoms with Gasteiger partial charge in [0.2, 0.25) is 0 Å². The molecule has 0 unspecified atom stereocenters. The van der Waals surface area contributed by atoms with Gasteiger partial charge in [-0.15, -0.1) is 29.8 Å². The van der Waals surface area contributed by atoms with Crippen LogP contribution in [0.2, 0.25) is 0 Å². The van der Waals surface area contributed by atoms with Gasteiger partial charge in [0.1, 0.15) is 11.6 Å². The summed E-state index contributed by atoms with van der Waals surface area (Å²) in [4.78, 5) is 10.4. The second-order valence-electron chi connectivity index (χ2n) is 13.2. The van der Waals surface area contributed by atoms with Crippen molar-refractivity contribution in [2.45, 2.75) is 39.5 Å². The van der Waals surface area contributed by atoms with E-state index in [9.17, 15) is 5.11 Å². The van der Waals surface area contributed by atoms with Gasteiger partial charge in [0.05, 0.1) is 33.5 Å². The second kappa shape index (κ2) is 13.6. The summed E-state index contributed by atoms with van der Waals surface area (Å²) in [6.07, 6.45) is 0. The SMILES string of the molecule is CC(C)c1ccc(-n2c(-c3[c-]c(-c4cccc5c4nc(-c4ccccc4O)n5-c4ccc(C(C)C)cc4)ccc3)nc3ccccc32)cc1.[Pt]. The molecule has 1 N–H and O–H groups in total. The first-order valence-electron chi connectivity index (χ1n) is 16.9. The number of hydrogen-bond donors (Lipinski definition) is 1. The molecular weight excluding hydrogens is 796 g/mol. The molecule has 0 aliphatic carbocycles. The largest absolute Gasteiger partial charge is 0.507 e. The normalized spacial score (nSPS) is 11.5. The van der Waals surface area contributed by atoms with E-state index in [1.54, 1.807) is 6.07 Å². The Morgan fingerprint density at radius 2 is 1.06 bits per heavy atom. The predicted molar refractivity (Wildman–Crippen MR) is 201 cm³/mol. The van der Waals surface area contributed by atoms with Crippen LogP contribution in [0.25, 0.3) is 67.3 Å². The Kier molecular flexibility index (Phi) is 9.03. The zero-order valence-electron chi connectivity index (χ0n) is 28.4. The summed E-state index contributed by atoms with van der Waals surface area (Å²) in [7, 11) is 0. The number of fused-ring (bicyclic) bond motifs is 2. The van der Waals surface area contributed by atoms with E-state index in [0.717, 1.165) is 56.0 Å². The summed E-state index contributed by atoms with van der Waals surface area (Å²) in [5, 5.41) is 11.0. The predicted octanol–water partition coefficient (Wildman–Crippen LogP) is 11.1. The van der Waals surface area contributed by atoms with Crippen LogP contribution >= 0.6 is 0 Å². The molecule has 0 spiro atoms. The fourth-order valence-electron chi connectivity index (χ4n) is 6.66. The maximum absolute atomic E-state index is 11.0. The summed E-state index contributed by atoms with van der Waals surface area (Å²) < 4.78 is 4.36. The van der Waals surface area contributed by atoms with Crippen LogP contribution in [0.4, 0.5) is 0 Å². The van der Waals surface area contributed by atoms with E-state index < -0.39 is 0 Å². The Bertz CT molecular complexity index is 2450. The molecule has 2 aromatic heterocycles. The van der Waals surface area contributed by atoms with E-state index in [2.05, 4.69) is 146 Å². The molecular formula is C44H37N4OPt-. The Morgan fingerprint density at radius 1 is 0.520 bits per heavy atom. The summed E-state index contributed by atoms with van der Waals surface area (Å²) in [5.41, 5.74) is 11.8. The summed E-state index contributed by atoms with van der Waals surface area (Å²) in [5.74, 6) is 2.58. The zero-order chi connectivity index (χ0) is 33.6. The number of nitrogens with zero attached hydrogens (tertiary/aromatic N) is 4. The Balaban J connectivity index is 0.00000392. The van der Waals surface area contributed by atoms with Gasteiger partial charge < -0.3 is 9.67 Å². The average molecular weight is 833 g/mol. The third-order valence-electron chi connectivity index (χ3n) is 9.35. The van der Waals surface area contributed by atoms with Gasteiger partial charge in [0, 0.05) is 32.4 Å². The third kappa shape index (κ3) is 5.86. The minimum absolute atomic E-state index is 0. The summed E-state index contributed by atoms with van der Waals surface area (Å²) in [6, 6.07) is 49.2. The van der Waals surface area contributed by atoms with Gasteiger partial charge in [-0.2, -0.15) is 0 Å². The monoisotopic (exact) mass is 832 g/mol. The van der Waals surface area contributed by atoms with Crippen LogP contribution in [0, 0.1) is 6.07 Å². The van der Waals surface area contributed by atoms with Crippen LogP contribution in [-0.2, 0) is 21.1 Å². The molecule has 8 aromatic rings. The number of phenolic OH excluding ortho intramolecular Hbond substituents is 1. The maximum Gasteiger partial charge on any atom is 0.148 e. The third-order valence-corrected chi connectivity index (χ3v) is 9.35. The minimum atomic E-state index is 0. The molecule has 2 heterocycles. The zero-order valence-corrected chi connectivity index (χ0v) is 30.7. The molecule has 0 amide bonds. The number of imidazole rings is 2. The van der Waals surface area contributed by atoms with Crippen molar-refractivity contribution in [1.82, 2.24) is 19.1 Å². The van der Waals surface area contributed by atoms with Crippen LogP contribution in [0.5, 0.6) is 5.75 Å². The average Bonchev–Trinajstić information content (AvgIpc) is 3.71. The molecule has 50 heavy (non-hydrogen) atoms. The van der Waals surface area contributed by atoms with E-state index in [4.69, 9.17) is 9.97 Å². The number of benzene rings is 6. The van der Waals surface area contributed by atoms with Crippen molar-refractivity contribution >= 4 is 22.1 Å². The topological polar surface area (TPSA) is 55.9 Å². The van der Waals surface area contributed by atoms with E-state index in [0.29, 0.717) is 23.2 Å². The molecule has 0 fully saturated rings. The van der Waals surface area contributed by atoms with E-state index in [1.165, 1.54) is 11.1 Å². The van der Waals surface area contributed by atoms with Crippen LogP contribution in [-0.4, -0.2) is 24.2 Å². The molecule has 0 aliphatic rings. The molecule has 250 valence electrons. The smallest absolute Gasteiger partial charge is 0.148 e. The van der Waals surface area contributed by atoms with Crippen molar-refractivity contribution in [3.05, 3.63) is 151 Å². The molecule has 6 aromatic carbocycles. The van der Waals surface area contributed by atoms with Gasteiger partial charge in [0.15, 0.2) is 0 Å². The van der Waals surface area contributed by atoms with E-state index >= 15 is 0 Å². The van der Waals surface area contributed by atoms with Gasteiger partial charge in [-0.3, -0.25) is 9.55 Å². The molecule has 5 nitrogen and oxygen atoms in total. The molecule has 0 atom stereocenters.